The van der Waals surface area contributed by atoms with E-state index in [0.29, 0.717) is 0 Å². The molecular formula is C15H14FN. The topological polar surface area (TPSA) is 15.8 Å². The predicted octanol–water partition coefficient (Wildman–Crippen LogP) is 4.09. The smallest absolute Gasteiger partial charge is 0.123 e. The van der Waals surface area contributed by atoms with Crippen molar-refractivity contribution in [2.45, 2.75) is 19.8 Å². The van der Waals surface area contributed by atoms with E-state index >= 15 is 0 Å². The van der Waals surface area contributed by atoms with Crippen molar-refractivity contribution in [3.05, 3.63) is 53.0 Å². The van der Waals surface area contributed by atoms with Crippen molar-refractivity contribution in [3.8, 4) is 11.3 Å². The lowest BCUT2D eigenvalue weighted by atomic mass is 10.0. The van der Waals surface area contributed by atoms with Crippen LogP contribution in [-0.2, 0) is 6.42 Å². The second-order valence-electron chi connectivity index (χ2n) is 4.52. The zero-order chi connectivity index (χ0) is 11.8. The van der Waals surface area contributed by atoms with E-state index in [1.54, 1.807) is 6.07 Å². The lowest BCUT2D eigenvalue weighted by Gasteiger charge is -2.04. The number of nitrogens with one attached hydrogen (secondary N) is 1. The van der Waals surface area contributed by atoms with Gasteiger partial charge in [-0.1, -0.05) is 18.2 Å². The molecule has 1 aromatic carbocycles. The molecule has 17 heavy (non-hydrogen) atoms. The largest absolute Gasteiger partial charge is 0.358 e. The monoisotopic (exact) mass is 227 g/mol. The lowest BCUT2D eigenvalue weighted by Crippen LogP contribution is -1.91. The zero-order valence-electron chi connectivity index (χ0n) is 9.76. The Bertz CT molecular complexity index is 593. The second-order valence-corrected chi connectivity index (χ2v) is 4.52. The summed E-state index contributed by atoms with van der Waals surface area (Å²) in [6.45, 7) is 2.00. The minimum absolute atomic E-state index is 0.186. The van der Waals surface area contributed by atoms with E-state index in [9.17, 15) is 4.39 Å². The van der Waals surface area contributed by atoms with Crippen molar-refractivity contribution >= 4 is 6.08 Å². The number of halogens is 1. The molecule has 2 aromatic rings. The molecule has 0 amide bonds. The minimum Gasteiger partial charge on any atom is -0.358 e. The molecular weight excluding hydrogens is 213 g/mol. The summed E-state index contributed by atoms with van der Waals surface area (Å²) in [5, 5.41) is 0. The summed E-state index contributed by atoms with van der Waals surface area (Å²) < 4.78 is 13.3. The molecule has 86 valence electrons. The second kappa shape index (κ2) is 3.88. The van der Waals surface area contributed by atoms with Crippen LogP contribution in [0.1, 0.15) is 23.2 Å². The Morgan fingerprint density at radius 1 is 1.24 bits per heavy atom. The van der Waals surface area contributed by atoms with E-state index in [2.05, 4.69) is 23.2 Å². The van der Waals surface area contributed by atoms with Crippen molar-refractivity contribution in [3.63, 3.8) is 0 Å². The normalized spacial score (nSPS) is 13.8. The Morgan fingerprint density at radius 2 is 2.12 bits per heavy atom. The summed E-state index contributed by atoms with van der Waals surface area (Å²) in [5.41, 5.74) is 5.54. The standard InChI is InChI=1S/C15H14FN/c1-10-6-7-12(16)9-13(10)15-8-11-4-2-3-5-14(11)17-15/h2,4,6-9,17H,3,5H2,1H3. The minimum atomic E-state index is -0.186. The lowest BCUT2D eigenvalue weighted by molar-refractivity contribution is 0.628. The molecule has 0 atom stereocenters. The van der Waals surface area contributed by atoms with E-state index < -0.39 is 0 Å². The highest BCUT2D eigenvalue weighted by Gasteiger charge is 2.11. The van der Waals surface area contributed by atoms with Crippen LogP contribution in [0.4, 0.5) is 4.39 Å². The van der Waals surface area contributed by atoms with Crippen LogP contribution < -0.4 is 0 Å². The maximum absolute atomic E-state index is 13.3. The van der Waals surface area contributed by atoms with Gasteiger partial charge in [0.1, 0.15) is 5.82 Å². The quantitative estimate of drug-likeness (QED) is 0.755. The molecule has 0 saturated heterocycles. The van der Waals surface area contributed by atoms with Crippen LogP contribution in [0.2, 0.25) is 0 Å². The molecule has 1 aromatic heterocycles. The average molecular weight is 227 g/mol. The molecule has 1 aliphatic rings. The number of hydrogen-bond donors (Lipinski definition) is 1. The van der Waals surface area contributed by atoms with Crippen LogP contribution in [-0.4, -0.2) is 4.98 Å². The van der Waals surface area contributed by atoms with Gasteiger partial charge in [0.05, 0.1) is 0 Å². The first-order chi connectivity index (χ1) is 8.24. The first-order valence-corrected chi connectivity index (χ1v) is 5.89. The summed E-state index contributed by atoms with van der Waals surface area (Å²) in [7, 11) is 0. The number of aromatic nitrogens is 1. The zero-order valence-corrected chi connectivity index (χ0v) is 9.76. The molecule has 1 heterocycles. The fourth-order valence-electron chi connectivity index (χ4n) is 2.34. The third-order valence-electron chi connectivity index (χ3n) is 3.28. The van der Waals surface area contributed by atoms with Gasteiger partial charge in [-0.2, -0.15) is 0 Å². The van der Waals surface area contributed by atoms with Gasteiger partial charge in [-0.3, -0.25) is 0 Å². The highest BCUT2D eigenvalue weighted by atomic mass is 19.1. The van der Waals surface area contributed by atoms with Gasteiger partial charge in [-0.05, 0) is 49.1 Å². The van der Waals surface area contributed by atoms with Gasteiger partial charge in [-0.25, -0.2) is 4.39 Å². The number of benzene rings is 1. The van der Waals surface area contributed by atoms with E-state index in [-0.39, 0.29) is 5.82 Å². The molecule has 0 bridgehead atoms. The first-order valence-electron chi connectivity index (χ1n) is 5.89. The number of aryl methyl sites for hydroxylation is 2. The van der Waals surface area contributed by atoms with Crippen LogP contribution in [0.3, 0.4) is 0 Å². The van der Waals surface area contributed by atoms with Gasteiger partial charge < -0.3 is 4.98 Å². The molecule has 0 spiro atoms. The first kappa shape index (κ1) is 10.3. The van der Waals surface area contributed by atoms with Gasteiger partial charge in [0.2, 0.25) is 0 Å². The summed E-state index contributed by atoms with van der Waals surface area (Å²) in [5.74, 6) is -0.186. The van der Waals surface area contributed by atoms with E-state index in [4.69, 9.17) is 0 Å². The van der Waals surface area contributed by atoms with Crippen LogP contribution in [0.25, 0.3) is 17.3 Å². The molecule has 1 nitrogen and oxygen atoms in total. The van der Waals surface area contributed by atoms with E-state index in [1.807, 2.05) is 13.0 Å². The summed E-state index contributed by atoms with van der Waals surface area (Å²) >= 11 is 0. The fraction of sp³-hybridized carbons (Fsp3) is 0.200. The Hall–Kier alpha value is -1.83. The summed E-state index contributed by atoms with van der Waals surface area (Å²) in [6.07, 6.45) is 6.43. The SMILES string of the molecule is Cc1ccc(F)cc1-c1cc2c([nH]1)CCC=C2. The van der Waals surface area contributed by atoms with Crippen molar-refractivity contribution in [2.24, 2.45) is 0 Å². The molecule has 1 N–H and O–H groups in total. The fourth-order valence-corrected chi connectivity index (χ4v) is 2.34. The van der Waals surface area contributed by atoms with Gasteiger partial charge in [0, 0.05) is 17.0 Å². The Kier molecular flexibility index (Phi) is 2.36. The average Bonchev–Trinajstić information content (AvgIpc) is 2.75. The van der Waals surface area contributed by atoms with Crippen molar-refractivity contribution in [1.82, 2.24) is 4.98 Å². The third kappa shape index (κ3) is 1.80. The Labute approximate surface area is 100.0 Å². The van der Waals surface area contributed by atoms with Gasteiger partial charge in [0.15, 0.2) is 0 Å². The number of aromatic amines is 1. The predicted molar refractivity (Wildman–Crippen MR) is 68.3 cm³/mol. The maximum Gasteiger partial charge on any atom is 0.123 e. The molecule has 0 unspecified atom stereocenters. The molecule has 0 fully saturated rings. The summed E-state index contributed by atoms with van der Waals surface area (Å²) in [4.78, 5) is 3.40. The number of H-pyrrole nitrogens is 1. The molecule has 1 aliphatic carbocycles. The van der Waals surface area contributed by atoms with Gasteiger partial charge >= 0.3 is 0 Å². The van der Waals surface area contributed by atoms with Crippen LogP contribution in [0.5, 0.6) is 0 Å². The van der Waals surface area contributed by atoms with Crippen LogP contribution in [0.15, 0.2) is 30.3 Å². The van der Waals surface area contributed by atoms with Crippen molar-refractivity contribution in [1.29, 1.82) is 0 Å². The van der Waals surface area contributed by atoms with Crippen LogP contribution in [0, 0.1) is 12.7 Å². The maximum atomic E-state index is 13.3. The summed E-state index contributed by atoms with van der Waals surface area (Å²) in [6, 6.07) is 7.02. The Morgan fingerprint density at radius 3 is 2.94 bits per heavy atom. The highest BCUT2D eigenvalue weighted by Crippen LogP contribution is 2.28. The van der Waals surface area contributed by atoms with Gasteiger partial charge in [-0.15, -0.1) is 0 Å². The molecule has 0 saturated carbocycles. The van der Waals surface area contributed by atoms with Crippen molar-refractivity contribution < 1.29 is 4.39 Å². The van der Waals surface area contributed by atoms with E-state index in [1.165, 1.54) is 17.3 Å². The Balaban J connectivity index is 2.12. The molecule has 0 radical (unpaired) electrons. The molecule has 3 rings (SSSR count). The molecule has 0 aliphatic heterocycles. The number of fused-ring (bicyclic) bond motifs is 1. The number of rotatable bonds is 1. The molecule has 2 heteroatoms. The van der Waals surface area contributed by atoms with Gasteiger partial charge in [0.25, 0.3) is 0 Å². The van der Waals surface area contributed by atoms with Crippen molar-refractivity contribution in [2.75, 3.05) is 0 Å². The highest BCUT2D eigenvalue weighted by molar-refractivity contribution is 5.70. The number of hydrogen-bond acceptors (Lipinski definition) is 0. The number of allylic oxidation sites excluding steroid dienone is 1. The third-order valence-corrected chi connectivity index (χ3v) is 3.28. The van der Waals surface area contributed by atoms with Crippen LogP contribution >= 0.6 is 0 Å². The van der Waals surface area contributed by atoms with E-state index in [0.717, 1.165) is 29.7 Å².